The van der Waals surface area contributed by atoms with Gasteiger partial charge >= 0.3 is 12.1 Å². The molecule has 3 aromatic carbocycles. The Morgan fingerprint density at radius 3 is 2.09 bits per heavy atom. The second kappa shape index (κ2) is 17.0. The second-order valence-electron chi connectivity index (χ2n) is 16.0. The molecule has 4 atom stereocenters. The first kappa shape index (κ1) is 42.4. The number of rotatable bonds is 10. The highest BCUT2D eigenvalue weighted by molar-refractivity contribution is 5.95. The molecule has 3 aromatic rings. The van der Waals surface area contributed by atoms with Crippen molar-refractivity contribution in [2.24, 2.45) is 5.41 Å². The number of hydrogen-bond donors (Lipinski definition) is 1. The summed E-state index contributed by atoms with van der Waals surface area (Å²) in [5.74, 6) is -4.39. The molecule has 0 fully saturated rings. The minimum atomic E-state index is -1.15. The van der Waals surface area contributed by atoms with Gasteiger partial charge in [0.1, 0.15) is 23.7 Å². The SMILES string of the molecule is COC(=O)c1ccc(CN(C(=O)C2Cc3ccccc3CN2C(=O)C(NC(=O)C(C)N(C)C(=O)OC(C)(C)C)C(C)(C)C)[C@H](C)c2cccc(F)c2F)cc1. The fourth-order valence-electron chi connectivity index (χ4n) is 6.39. The van der Waals surface area contributed by atoms with Gasteiger partial charge in [-0.3, -0.25) is 19.3 Å². The van der Waals surface area contributed by atoms with Gasteiger partial charge in [0.25, 0.3) is 0 Å². The first-order valence-electron chi connectivity index (χ1n) is 18.2. The molecule has 1 N–H and O–H groups in total. The summed E-state index contributed by atoms with van der Waals surface area (Å²) in [6.45, 7) is 13.6. The molecule has 1 heterocycles. The summed E-state index contributed by atoms with van der Waals surface area (Å²) < 4.78 is 40.2. The zero-order valence-electron chi connectivity index (χ0n) is 33.2. The van der Waals surface area contributed by atoms with Crippen molar-refractivity contribution in [1.29, 1.82) is 0 Å². The summed E-state index contributed by atoms with van der Waals surface area (Å²) in [5.41, 5.74) is 0.803. The lowest BCUT2D eigenvalue weighted by Crippen LogP contribution is -2.62. The molecule has 55 heavy (non-hydrogen) atoms. The highest BCUT2D eigenvalue weighted by atomic mass is 19.2. The lowest BCUT2D eigenvalue weighted by atomic mass is 9.84. The van der Waals surface area contributed by atoms with Crippen LogP contribution in [0.4, 0.5) is 13.6 Å². The molecule has 0 saturated heterocycles. The first-order valence-corrected chi connectivity index (χ1v) is 18.2. The van der Waals surface area contributed by atoms with Crippen LogP contribution in [0.25, 0.3) is 0 Å². The minimum Gasteiger partial charge on any atom is -0.465 e. The van der Waals surface area contributed by atoms with Gasteiger partial charge in [-0.15, -0.1) is 0 Å². The molecule has 0 aliphatic carbocycles. The minimum absolute atomic E-state index is 0.0333. The van der Waals surface area contributed by atoms with E-state index < -0.39 is 76.6 Å². The second-order valence-corrected chi connectivity index (χ2v) is 16.0. The average molecular weight is 763 g/mol. The van der Waals surface area contributed by atoms with Crippen molar-refractivity contribution in [3.63, 3.8) is 0 Å². The third-order valence-electron chi connectivity index (χ3n) is 9.77. The molecule has 0 saturated carbocycles. The van der Waals surface area contributed by atoms with E-state index in [9.17, 15) is 23.6 Å². The molecular formula is C42H52F2N4O7. The molecule has 0 radical (unpaired) electrons. The van der Waals surface area contributed by atoms with Crippen LogP contribution >= 0.6 is 0 Å². The van der Waals surface area contributed by atoms with E-state index in [0.717, 1.165) is 22.1 Å². The lowest BCUT2D eigenvalue weighted by Gasteiger charge is -2.43. The largest absolute Gasteiger partial charge is 0.465 e. The van der Waals surface area contributed by atoms with Crippen LogP contribution in [0.2, 0.25) is 0 Å². The molecule has 0 spiro atoms. The number of halogens is 2. The number of amides is 4. The fourth-order valence-corrected chi connectivity index (χ4v) is 6.39. The van der Waals surface area contributed by atoms with Crippen molar-refractivity contribution in [2.45, 2.75) is 105 Å². The van der Waals surface area contributed by atoms with Crippen molar-refractivity contribution in [3.05, 3.63) is 106 Å². The molecule has 4 amide bonds. The van der Waals surface area contributed by atoms with E-state index in [-0.39, 0.29) is 30.6 Å². The Kier molecular flexibility index (Phi) is 13.1. The topological polar surface area (TPSA) is 126 Å². The van der Waals surface area contributed by atoms with Crippen LogP contribution in [-0.4, -0.2) is 82.4 Å². The van der Waals surface area contributed by atoms with E-state index in [1.807, 2.05) is 24.3 Å². The highest BCUT2D eigenvalue weighted by Gasteiger charge is 2.44. The number of fused-ring (bicyclic) bond motifs is 1. The summed E-state index contributed by atoms with van der Waals surface area (Å²) >= 11 is 0. The van der Waals surface area contributed by atoms with Crippen molar-refractivity contribution < 1.29 is 42.2 Å². The highest BCUT2D eigenvalue weighted by Crippen LogP contribution is 2.33. The van der Waals surface area contributed by atoms with Crippen LogP contribution in [0.15, 0.2) is 66.7 Å². The lowest BCUT2D eigenvalue weighted by molar-refractivity contribution is -0.152. The Morgan fingerprint density at radius 1 is 0.891 bits per heavy atom. The van der Waals surface area contributed by atoms with Crippen molar-refractivity contribution in [1.82, 2.24) is 20.0 Å². The molecule has 296 valence electrons. The molecule has 13 heteroatoms. The Morgan fingerprint density at radius 2 is 1.51 bits per heavy atom. The molecule has 3 unspecified atom stereocenters. The van der Waals surface area contributed by atoms with Crippen LogP contribution in [0.1, 0.15) is 94.0 Å². The normalized spacial score (nSPS) is 15.9. The standard InChI is InChI=1S/C42H52F2N4O7/c1-25(31-16-13-17-32(43)34(31)44)47(23-27-18-20-28(21-19-27)39(52)54-10)37(50)33-22-29-14-11-12-15-30(29)24-48(33)38(51)35(41(3,4)5)45-36(49)26(2)46(9)40(53)55-42(6,7)8/h11-21,25-26,33,35H,22-24H2,1-10H3,(H,45,49)/t25-,26?,33?,35?/m1/s1. The van der Waals surface area contributed by atoms with Crippen LogP contribution in [-0.2, 0) is 43.4 Å². The Labute approximate surface area is 321 Å². The van der Waals surface area contributed by atoms with Gasteiger partial charge < -0.3 is 24.6 Å². The number of nitrogens with zero attached hydrogens (tertiary/aromatic N) is 3. The number of methoxy groups -OCH3 is 1. The average Bonchev–Trinajstić information content (AvgIpc) is 3.13. The third-order valence-corrected chi connectivity index (χ3v) is 9.77. The number of carbonyl (C=O) groups excluding carboxylic acids is 5. The van der Waals surface area contributed by atoms with Crippen LogP contribution in [0.5, 0.6) is 0 Å². The van der Waals surface area contributed by atoms with E-state index in [1.54, 1.807) is 72.7 Å². The number of carbonyl (C=O) groups is 5. The number of esters is 1. The molecule has 4 rings (SSSR count). The van der Waals surface area contributed by atoms with Crippen molar-refractivity contribution in [2.75, 3.05) is 14.2 Å². The number of hydrogen-bond acceptors (Lipinski definition) is 7. The maximum Gasteiger partial charge on any atom is 0.410 e. The Balaban J connectivity index is 1.75. The molecule has 0 aromatic heterocycles. The predicted molar refractivity (Wildman–Crippen MR) is 202 cm³/mol. The Bertz CT molecular complexity index is 1900. The zero-order valence-corrected chi connectivity index (χ0v) is 33.2. The van der Waals surface area contributed by atoms with E-state index >= 15 is 9.18 Å². The van der Waals surface area contributed by atoms with E-state index in [1.165, 1.54) is 43.0 Å². The molecule has 0 bridgehead atoms. The van der Waals surface area contributed by atoms with Gasteiger partial charge in [-0.25, -0.2) is 18.4 Å². The number of nitrogens with one attached hydrogen (secondary N) is 1. The van der Waals surface area contributed by atoms with Gasteiger partial charge in [0.2, 0.25) is 17.7 Å². The zero-order chi connectivity index (χ0) is 41.0. The third kappa shape index (κ3) is 10.1. The summed E-state index contributed by atoms with van der Waals surface area (Å²) in [7, 11) is 2.70. The van der Waals surface area contributed by atoms with E-state index in [0.29, 0.717) is 5.56 Å². The van der Waals surface area contributed by atoms with Gasteiger partial charge in [0.05, 0.1) is 18.7 Å². The molecule has 1 aliphatic heterocycles. The maximum absolute atomic E-state index is 15.3. The fraction of sp³-hybridized carbons (Fsp3) is 0.452. The summed E-state index contributed by atoms with van der Waals surface area (Å²) in [5, 5.41) is 2.85. The van der Waals surface area contributed by atoms with E-state index in [2.05, 4.69) is 5.32 Å². The van der Waals surface area contributed by atoms with Crippen molar-refractivity contribution in [3.8, 4) is 0 Å². The maximum atomic E-state index is 15.3. The quantitative estimate of drug-likeness (QED) is 0.232. The molecular weight excluding hydrogens is 710 g/mol. The van der Waals surface area contributed by atoms with Crippen molar-refractivity contribution >= 4 is 29.8 Å². The Hall–Kier alpha value is -5.33. The number of likely N-dealkylation sites (N-methyl/N-ethyl adjacent to an activating group) is 1. The summed E-state index contributed by atoms with van der Waals surface area (Å²) in [6, 6.07) is 13.3. The first-order chi connectivity index (χ1) is 25.6. The molecule has 11 nitrogen and oxygen atoms in total. The van der Waals surface area contributed by atoms with Crippen LogP contribution in [0, 0.1) is 17.0 Å². The van der Waals surface area contributed by atoms with Gasteiger partial charge in [-0.2, -0.15) is 0 Å². The van der Waals surface area contributed by atoms with Crippen LogP contribution < -0.4 is 5.32 Å². The number of ether oxygens (including phenoxy) is 2. The summed E-state index contributed by atoms with van der Waals surface area (Å²) in [4.78, 5) is 72.5. The number of benzene rings is 3. The van der Waals surface area contributed by atoms with Gasteiger partial charge in [-0.1, -0.05) is 69.3 Å². The monoisotopic (exact) mass is 762 g/mol. The van der Waals surface area contributed by atoms with Gasteiger partial charge in [0.15, 0.2) is 11.6 Å². The smallest absolute Gasteiger partial charge is 0.410 e. The van der Waals surface area contributed by atoms with Crippen LogP contribution in [0.3, 0.4) is 0 Å². The molecule has 1 aliphatic rings. The van der Waals surface area contributed by atoms with Gasteiger partial charge in [-0.05, 0) is 74.9 Å². The summed E-state index contributed by atoms with van der Waals surface area (Å²) in [6.07, 6.45) is -0.601. The van der Waals surface area contributed by atoms with Gasteiger partial charge in [0, 0.05) is 32.1 Å². The van der Waals surface area contributed by atoms with E-state index in [4.69, 9.17) is 9.47 Å². The predicted octanol–water partition coefficient (Wildman–Crippen LogP) is 6.58.